The van der Waals surface area contributed by atoms with Crippen LogP contribution >= 0.6 is 11.6 Å². The Morgan fingerprint density at radius 1 is 1.53 bits per heavy atom. The molecule has 2 aromatic rings. The third kappa shape index (κ3) is 2.24. The van der Waals surface area contributed by atoms with E-state index >= 15 is 0 Å². The fourth-order valence-corrected chi connectivity index (χ4v) is 1.57. The summed E-state index contributed by atoms with van der Waals surface area (Å²) in [7, 11) is 0. The summed E-state index contributed by atoms with van der Waals surface area (Å²) in [4.78, 5) is 10.0. The fourth-order valence-electron chi connectivity index (χ4n) is 1.30. The lowest BCUT2D eigenvalue weighted by atomic mass is 10.3. The third-order valence-corrected chi connectivity index (χ3v) is 2.44. The molecule has 0 saturated carbocycles. The number of nitrogens with zero attached hydrogens (tertiary/aromatic N) is 4. The number of halogens is 1. The molecule has 0 aliphatic carbocycles. The number of hydrogen-bond donors (Lipinski definition) is 1. The molecule has 0 unspecified atom stereocenters. The standard InChI is InChI=1S/C9H8ClN5O2/c10-8-3-7(15(16)17)1-2-9(8)14-5-6(4-11)12-13-14/h1-3,5H,4,11H2. The molecule has 0 amide bonds. The minimum Gasteiger partial charge on any atom is -0.325 e. The first kappa shape index (κ1) is 11.5. The Bertz CT molecular complexity index is 568. The lowest BCUT2D eigenvalue weighted by Gasteiger charge is -2.02. The molecule has 0 fully saturated rings. The zero-order chi connectivity index (χ0) is 12.4. The van der Waals surface area contributed by atoms with E-state index in [2.05, 4.69) is 10.3 Å². The van der Waals surface area contributed by atoms with E-state index in [0.29, 0.717) is 11.4 Å². The summed E-state index contributed by atoms with van der Waals surface area (Å²) in [5.74, 6) is 0. The molecule has 0 spiro atoms. The van der Waals surface area contributed by atoms with Gasteiger partial charge in [-0.15, -0.1) is 5.10 Å². The summed E-state index contributed by atoms with van der Waals surface area (Å²) in [6, 6.07) is 4.13. The van der Waals surface area contributed by atoms with Gasteiger partial charge in [0.25, 0.3) is 5.69 Å². The van der Waals surface area contributed by atoms with Crippen molar-refractivity contribution in [2.45, 2.75) is 6.54 Å². The molecule has 1 aromatic heterocycles. The molecule has 2 rings (SSSR count). The van der Waals surface area contributed by atoms with Gasteiger partial charge in [-0.25, -0.2) is 4.68 Å². The van der Waals surface area contributed by atoms with Gasteiger partial charge < -0.3 is 5.73 Å². The Morgan fingerprint density at radius 3 is 2.82 bits per heavy atom. The number of rotatable bonds is 3. The Morgan fingerprint density at radius 2 is 2.29 bits per heavy atom. The lowest BCUT2D eigenvalue weighted by Crippen LogP contribution is -1.97. The van der Waals surface area contributed by atoms with Crippen LogP contribution in [0.1, 0.15) is 5.69 Å². The van der Waals surface area contributed by atoms with Gasteiger partial charge in [0.15, 0.2) is 0 Å². The van der Waals surface area contributed by atoms with Crippen LogP contribution in [-0.2, 0) is 6.54 Å². The summed E-state index contributed by atoms with van der Waals surface area (Å²) < 4.78 is 1.42. The number of nitro groups is 1. The zero-order valence-electron chi connectivity index (χ0n) is 8.58. The van der Waals surface area contributed by atoms with Gasteiger partial charge in [-0.3, -0.25) is 10.1 Å². The maximum absolute atomic E-state index is 10.5. The van der Waals surface area contributed by atoms with E-state index in [0.717, 1.165) is 0 Å². The minimum absolute atomic E-state index is 0.0714. The van der Waals surface area contributed by atoms with Crippen molar-refractivity contribution >= 4 is 17.3 Å². The van der Waals surface area contributed by atoms with E-state index in [1.54, 1.807) is 6.20 Å². The summed E-state index contributed by atoms with van der Waals surface area (Å²) in [6.07, 6.45) is 1.62. The van der Waals surface area contributed by atoms with E-state index < -0.39 is 4.92 Å². The monoisotopic (exact) mass is 253 g/mol. The van der Waals surface area contributed by atoms with Crippen molar-refractivity contribution in [3.8, 4) is 5.69 Å². The molecule has 7 nitrogen and oxygen atoms in total. The van der Waals surface area contributed by atoms with E-state index in [1.165, 1.54) is 22.9 Å². The van der Waals surface area contributed by atoms with Gasteiger partial charge in [0.2, 0.25) is 0 Å². The maximum Gasteiger partial charge on any atom is 0.271 e. The van der Waals surface area contributed by atoms with Crippen LogP contribution in [-0.4, -0.2) is 19.9 Å². The van der Waals surface area contributed by atoms with Crippen molar-refractivity contribution in [1.29, 1.82) is 0 Å². The lowest BCUT2D eigenvalue weighted by molar-refractivity contribution is -0.384. The second kappa shape index (κ2) is 4.48. The SMILES string of the molecule is NCc1cn(-c2ccc([N+](=O)[O-])cc2Cl)nn1. The van der Waals surface area contributed by atoms with Crippen molar-refractivity contribution in [3.05, 3.63) is 45.2 Å². The Balaban J connectivity index is 2.42. The molecule has 1 heterocycles. The van der Waals surface area contributed by atoms with Gasteiger partial charge in [0, 0.05) is 18.7 Å². The first-order valence-electron chi connectivity index (χ1n) is 4.67. The van der Waals surface area contributed by atoms with Crippen LogP contribution in [0.5, 0.6) is 0 Å². The van der Waals surface area contributed by atoms with Crippen LogP contribution in [0.25, 0.3) is 5.69 Å². The molecular weight excluding hydrogens is 246 g/mol. The Labute approximate surface area is 101 Å². The first-order chi connectivity index (χ1) is 8.11. The first-order valence-corrected chi connectivity index (χ1v) is 5.05. The zero-order valence-corrected chi connectivity index (χ0v) is 9.33. The minimum atomic E-state index is -0.512. The number of nitro benzene ring substituents is 1. The average molecular weight is 254 g/mol. The normalized spacial score (nSPS) is 10.5. The van der Waals surface area contributed by atoms with E-state index in [-0.39, 0.29) is 17.3 Å². The molecule has 0 aliphatic rings. The number of hydrogen-bond acceptors (Lipinski definition) is 5. The molecule has 1 aromatic carbocycles. The highest BCUT2D eigenvalue weighted by atomic mass is 35.5. The van der Waals surface area contributed by atoms with Crippen molar-refractivity contribution in [1.82, 2.24) is 15.0 Å². The summed E-state index contributed by atoms with van der Waals surface area (Å²) >= 11 is 5.94. The van der Waals surface area contributed by atoms with Crippen molar-refractivity contribution in [2.75, 3.05) is 0 Å². The van der Waals surface area contributed by atoms with Crippen molar-refractivity contribution in [2.24, 2.45) is 5.73 Å². The number of aromatic nitrogens is 3. The second-order valence-electron chi connectivity index (χ2n) is 3.25. The van der Waals surface area contributed by atoms with Crippen molar-refractivity contribution < 1.29 is 4.92 Å². The Kier molecular flexibility index (Phi) is 3.03. The summed E-state index contributed by atoms with van der Waals surface area (Å²) in [6.45, 7) is 0.268. The van der Waals surface area contributed by atoms with Gasteiger partial charge in [0.1, 0.15) is 0 Å². The Hall–Kier alpha value is -1.99. The molecule has 0 bridgehead atoms. The van der Waals surface area contributed by atoms with E-state index in [4.69, 9.17) is 17.3 Å². The average Bonchev–Trinajstić information content (AvgIpc) is 2.77. The number of benzene rings is 1. The third-order valence-electron chi connectivity index (χ3n) is 2.14. The molecule has 0 atom stereocenters. The van der Waals surface area contributed by atoms with Gasteiger partial charge in [-0.2, -0.15) is 0 Å². The van der Waals surface area contributed by atoms with Gasteiger partial charge in [-0.05, 0) is 6.07 Å². The smallest absolute Gasteiger partial charge is 0.271 e. The number of nitrogens with two attached hydrogens (primary N) is 1. The summed E-state index contributed by atoms with van der Waals surface area (Å²) in [5, 5.41) is 18.4. The van der Waals surface area contributed by atoms with Crippen LogP contribution in [0.4, 0.5) is 5.69 Å². The largest absolute Gasteiger partial charge is 0.325 e. The molecule has 0 saturated heterocycles. The van der Waals surface area contributed by atoms with Crippen LogP contribution in [0.15, 0.2) is 24.4 Å². The highest BCUT2D eigenvalue weighted by Crippen LogP contribution is 2.24. The molecule has 8 heteroatoms. The van der Waals surface area contributed by atoms with Crippen LogP contribution < -0.4 is 5.73 Å². The molecule has 0 aliphatic heterocycles. The highest BCUT2D eigenvalue weighted by molar-refractivity contribution is 6.32. The van der Waals surface area contributed by atoms with Crippen LogP contribution in [0, 0.1) is 10.1 Å². The number of non-ortho nitro benzene ring substituents is 1. The predicted molar refractivity (Wildman–Crippen MR) is 60.9 cm³/mol. The van der Waals surface area contributed by atoms with Gasteiger partial charge >= 0.3 is 0 Å². The van der Waals surface area contributed by atoms with Crippen LogP contribution in [0.2, 0.25) is 5.02 Å². The topological polar surface area (TPSA) is 99.9 Å². The summed E-state index contributed by atoms with van der Waals surface area (Å²) in [5.41, 5.74) is 6.46. The van der Waals surface area contributed by atoms with E-state index in [9.17, 15) is 10.1 Å². The van der Waals surface area contributed by atoms with Crippen molar-refractivity contribution in [3.63, 3.8) is 0 Å². The second-order valence-corrected chi connectivity index (χ2v) is 3.66. The molecule has 2 N–H and O–H groups in total. The highest BCUT2D eigenvalue weighted by Gasteiger charge is 2.11. The van der Waals surface area contributed by atoms with Gasteiger partial charge in [-0.1, -0.05) is 16.8 Å². The van der Waals surface area contributed by atoms with E-state index in [1.807, 2.05) is 0 Å². The maximum atomic E-state index is 10.5. The fraction of sp³-hybridized carbons (Fsp3) is 0.111. The quantitative estimate of drug-likeness (QED) is 0.656. The van der Waals surface area contributed by atoms with Crippen LogP contribution in [0.3, 0.4) is 0 Å². The molecule has 0 radical (unpaired) electrons. The molecular formula is C9H8ClN5O2. The molecule has 17 heavy (non-hydrogen) atoms. The predicted octanol–water partition coefficient (Wildman–Crippen LogP) is 1.29. The molecule has 88 valence electrons. The van der Waals surface area contributed by atoms with Gasteiger partial charge in [0.05, 0.1) is 27.5 Å².